The SMILES string of the molecule is CCC1CN(C(CN)c2c(F)cccc2Cl)CCN1CC. The zero-order valence-corrected chi connectivity index (χ0v) is 13.6. The highest BCUT2D eigenvalue weighted by Crippen LogP contribution is 2.31. The summed E-state index contributed by atoms with van der Waals surface area (Å²) in [5.74, 6) is -0.260. The van der Waals surface area contributed by atoms with Crippen molar-refractivity contribution in [2.45, 2.75) is 32.4 Å². The van der Waals surface area contributed by atoms with Crippen molar-refractivity contribution in [2.75, 3.05) is 32.7 Å². The molecule has 1 aliphatic rings. The van der Waals surface area contributed by atoms with E-state index < -0.39 is 0 Å². The molecule has 1 aliphatic heterocycles. The second-order valence-electron chi connectivity index (χ2n) is 5.57. The van der Waals surface area contributed by atoms with Crippen LogP contribution in [-0.2, 0) is 0 Å². The first-order valence-corrected chi connectivity index (χ1v) is 8.12. The van der Waals surface area contributed by atoms with Crippen LogP contribution in [0.25, 0.3) is 0 Å². The fraction of sp³-hybridized carbons (Fsp3) is 0.625. The van der Waals surface area contributed by atoms with Crippen molar-refractivity contribution in [1.82, 2.24) is 9.80 Å². The Morgan fingerprint density at radius 2 is 2.14 bits per heavy atom. The number of halogens is 2. The quantitative estimate of drug-likeness (QED) is 0.907. The number of benzene rings is 1. The second kappa shape index (κ2) is 7.54. The molecule has 1 heterocycles. The number of rotatable bonds is 5. The van der Waals surface area contributed by atoms with Crippen LogP contribution in [0.2, 0.25) is 5.02 Å². The summed E-state index contributed by atoms with van der Waals surface area (Å²) in [5.41, 5.74) is 6.49. The molecule has 3 nitrogen and oxygen atoms in total. The zero-order valence-electron chi connectivity index (χ0n) is 12.9. The molecular formula is C16H25ClFN3. The lowest BCUT2D eigenvalue weighted by atomic mass is 10.0. The predicted molar refractivity (Wildman–Crippen MR) is 86.1 cm³/mol. The van der Waals surface area contributed by atoms with Crippen LogP contribution >= 0.6 is 11.6 Å². The Bertz CT molecular complexity index is 449. The molecule has 0 saturated carbocycles. The third-order valence-electron chi connectivity index (χ3n) is 4.51. The first-order valence-electron chi connectivity index (χ1n) is 7.74. The molecule has 2 atom stereocenters. The van der Waals surface area contributed by atoms with Crippen LogP contribution in [0.1, 0.15) is 31.9 Å². The standard InChI is InChI=1S/C16H25ClFN3/c1-3-12-11-21(9-8-20(12)4-2)15(10-19)16-13(17)6-5-7-14(16)18/h5-7,12,15H,3-4,8-11,19H2,1-2H3. The van der Waals surface area contributed by atoms with Crippen LogP contribution in [-0.4, -0.2) is 48.6 Å². The van der Waals surface area contributed by atoms with Gasteiger partial charge < -0.3 is 5.73 Å². The Morgan fingerprint density at radius 1 is 1.38 bits per heavy atom. The van der Waals surface area contributed by atoms with Gasteiger partial charge in [-0.15, -0.1) is 0 Å². The van der Waals surface area contributed by atoms with Gasteiger partial charge in [0.2, 0.25) is 0 Å². The summed E-state index contributed by atoms with van der Waals surface area (Å²) < 4.78 is 14.2. The van der Waals surface area contributed by atoms with Crippen LogP contribution < -0.4 is 5.73 Å². The maximum atomic E-state index is 14.2. The van der Waals surface area contributed by atoms with Gasteiger partial charge in [-0.3, -0.25) is 9.80 Å². The molecule has 1 aromatic carbocycles. The van der Waals surface area contributed by atoms with Crippen molar-refractivity contribution >= 4 is 11.6 Å². The van der Waals surface area contributed by atoms with Crippen molar-refractivity contribution in [3.8, 4) is 0 Å². The smallest absolute Gasteiger partial charge is 0.129 e. The highest BCUT2D eigenvalue weighted by Gasteiger charge is 2.31. The van der Waals surface area contributed by atoms with Gasteiger partial charge >= 0.3 is 0 Å². The zero-order chi connectivity index (χ0) is 15.4. The highest BCUT2D eigenvalue weighted by atomic mass is 35.5. The van der Waals surface area contributed by atoms with E-state index in [1.54, 1.807) is 12.1 Å². The highest BCUT2D eigenvalue weighted by molar-refractivity contribution is 6.31. The minimum absolute atomic E-state index is 0.147. The summed E-state index contributed by atoms with van der Waals surface area (Å²) in [6.07, 6.45) is 1.09. The second-order valence-corrected chi connectivity index (χ2v) is 5.98. The van der Waals surface area contributed by atoms with E-state index >= 15 is 0 Å². The van der Waals surface area contributed by atoms with Crippen LogP contribution in [0.4, 0.5) is 4.39 Å². The van der Waals surface area contributed by atoms with Crippen molar-refractivity contribution in [3.63, 3.8) is 0 Å². The topological polar surface area (TPSA) is 32.5 Å². The van der Waals surface area contributed by atoms with E-state index in [2.05, 4.69) is 23.6 Å². The van der Waals surface area contributed by atoms with Crippen molar-refractivity contribution in [3.05, 3.63) is 34.6 Å². The minimum Gasteiger partial charge on any atom is -0.329 e. The normalized spacial score (nSPS) is 22.4. The molecule has 1 aromatic rings. The van der Waals surface area contributed by atoms with Crippen LogP contribution in [0.5, 0.6) is 0 Å². The van der Waals surface area contributed by atoms with E-state index in [1.165, 1.54) is 6.07 Å². The predicted octanol–water partition coefficient (Wildman–Crippen LogP) is 2.90. The molecule has 21 heavy (non-hydrogen) atoms. The molecule has 0 amide bonds. The Morgan fingerprint density at radius 3 is 2.71 bits per heavy atom. The van der Waals surface area contributed by atoms with Gasteiger partial charge in [-0.25, -0.2) is 4.39 Å². The summed E-state index contributed by atoms with van der Waals surface area (Å²) >= 11 is 6.22. The number of nitrogens with two attached hydrogens (primary N) is 1. The average Bonchev–Trinajstić information content (AvgIpc) is 2.50. The first kappa shape index (κ1) is 16.7. The largest absolute Gasteiger partial charge is 0.329 e. The molecule has 1 saturated heterocycles. The number of likely N-dealkylation sites (N-methyl/N-ethyl adjacent to an activating group) is 1. The number of hydrogen-bond donors (Lipinski definition) is 1. The molecule has 0 aliphatic carbocycles. The Balaban J connectivity index is 2.22. The van der Waals surface area contributed by atoms with Gasteiger partial charge in [0.25, 0.3) is 0 Å². The maximum Gasteiger partial charge on any atom is 0.129 e. The lowest BCUT2D eigenvalue weighted by molar-refractivity contribution is 0.0500. The van der Waals surface area contributed by atoms with Gasteiger partial charge in [-0.05, 0) is 25.1 Å². The van der Waals surface area contributed by atoms with Crippen LogP contribution in [0, 0.1) is 5.82 Å². The lowest BCUT2D eigenvalue weighted by Crippen LogP contribution is -2.54. The Labute approximate surface area is 131 Å². The van der Waals surface area contributed by atoms with Gasteiger partial charge in [-0.2, -0.15) is 0 Å². The maximum absolute atomic E-state index is 14.2. The van der Waals surface area contributed by atoms with Gasteiger partial charge in [0.15, 0.2) is 0 Å². The molecule has 1 fully saturated rings. The van der Waals surface area contributed by atoms with E-state index in [1.807, 2.05) is 0 Å². The van der Waals surface area contributed by atoms with Gasteiger partial charge in [0, 0.05) is 42.8 Å². The van der Waals surface area contributed by atoms with Gasteiger partial charge in [0.05, 0.1) is 6.04 Å². The summed E-state index contributed by atoms with van der Waals surface area (Å²) in [5, 5.41) is 0.469. The third kappa shape index (κ3) is 3.57. The molecule has 0 radical (unpaired) electrons. The molecule has 2 N–H and O–H groups in total. The van der Waals surface area contributed by atoms with Crippen molar-refractivity contribution in [1.29, 1.82) is 0 Å². The molecule has 0 spiro atoms. The van der Waals surface area contributed by atoms with Crippen molar-refractivity contribution in [2.24, 2.45) is 5.73 Å². The molecule has 118 valence electrons. The molecule has 0 aromatic heterocycles. The van der Waals surface area contributed by atoms with Crippen LogP contribution in [0.15, 0.2) is 18.2 Å². The van der Waals surface area contributed by atoms with E-state index in [4.69, 9.17) is 17.3 Å². The Kier molecular flexibility index (Phi) is 5.99. The third-order valence-corrected chi connectivity index (χ3v) is 4.84. The number of piperazine rings is 1. The molecule has 2 unspecified atom stereocenters. The minimum atomic E-state index is -0.260. The lowest BCUT2D eigenvalue weighted by Gasteiger charge is -2.44. The fourth-order valence-electron chi connectivity index (χ4n) is 3.28. The molecule has 2 rings (SSSR count). The van der Waals surface area contributed by atoms with E-state index in [0.29, 0.717) is 23.2 Å². The number of nitrogens with zero attached hydrogens (tertiary/aromatic N) is 2. The summed E-state index contributed by atoms with van der Waals surface area (Å²) in [4.78, 5) is 4.76. The summed E-state index contributed by atoms with van der Waals surface area (Å²) in [6.45, 7) is 8.63. The van der Waals surface area contributed by atoms with E-state index in [9.17, 15) is 4.39 Å². The molecule has 0 bridgehead atoms. The molecule has 5 heteroatoms. The van der Waals surface area contributed by atoms with E-state index in [-0.39, 0.29) is 11.9 Å². The van der Waals surface area contributed by atoms with Gasteiger partial charge in [-0.1, -0.05) is 31.5 Å². The van der Waals surface area contributed by atoms with E-state index in [0.717, 1.165) is 32.6 Å². The fourth-order valence-corrected chi connectivity index (χ4v) is 3.57. The monoisotopic (exact) mass is 313 g/mol. The average molecular weight is 314 g/mol. The molecular weight excluding hydrogens is 289 g/mol. The first-order chi connectivity index (χ1) is 10.1. The number of hydrogen-bond acceptors (Lipinski definition) is 3. The Hall–Kier alpha value is -0.680. The van der Waals surface area contributed by atoms with Crippen LogP contribution in [0.3, 0.4) is 0 Å². The van der Waals surface area contributed by atoms with Crippen molar-refractivity contribution < 1.29 is 4.39 Å². The summed E-state index contributed by atoms with van der Waals surface area (Å²) in [6, 6.07) is 5.19. The van der Waals surface area contributed by atoms with Gasteiger partial charge in [0.1, 0.15) is 5.82 Å². The summed E-state index contributed by atoms with van der Waals surface area (Å²) in [7, 11) is 0.